The van der Waals surface area contributed by atoms with Gasteiger partial charge < -0.3 is 14.4 Å². The van der Waals surface area contributed by atoms with Gasteiger partial charge in [0.05, 0.1) is 28.9 Å². The second-order valence-electron chi connectivity index (χ2n) is 7.20. The number of carbonyl (C=O) groups excluding carboxylic acids is 1. The Morgan fingerprint density at radius 3 is 2.78 bits per heavy atom. The van der Waals surface area contributed by atoms with Gasteiger partial charge in [0.25, 0.3) is 5.91 Å². The zero-order chi connectivity index (χ0) is 19.4. The van der Waals surface area contributed by atoms with Crippen LogP contribution in [-0.2, 0) is 16.6 Å². The number of nitrogens with one attached hydrogen (secondary N) is 1. The summed E-state index contributed by atoms with van der Waals surface area (Å²) >= 11 is 0. The number of carbonyl (C=O) groups is 1. The molecule has 1 amide bonds. The third kappa shape index (κ3) is 3.20. The Balaban J connectivity index is 1.69. The molecule has 1 unspecified atom stereocenters. The van der Waals surface area contributed by atoms with Crippen LogP contribution in [-0.4, -0.2) is 48.3 Å². The van der Waals surface area contributed by atoms with Crippen molar-refractivity contribution in [1.29, 1.82) is 0 Å². The molecule has 27 heavy (non-hydrogen) atoms. The number of fused-ring (bicyclic) bond motifs is 1. The molecule has 1 aliphatic carbocycles. The summed E-state index contributed by atoms with van der Waals surface area (Å²) in [5.41, 5.74) is 0.244. The van der Waals surface area contributed by atoms with E-state index in [9.17, 15) is 18.3 Å². The smallest absolute Gasteiger partial charge is 0.259 e. The van der Waals surface area contributed by atoms with Gasteiger partial charge in [-0.25, -0.2) is 18.1 Å². The predicted octanol–water partition coefficient (Wildman–Crippen LogP) is 0.873. The molecule has 10 heteroatoms. The SMILES string of the molecule is CN1c2ccc(S(=O)(=O)NC3(C)CC3)cc2C(=O)N(Cc2cnco2)C1O. The number of hydrogen-bond donors (Lipinski definition) is 2. The van der Waals surface area contributed by atoms with Gasteiger partial charge in [0, 0.05) is 12.6 Å². The molecule has 144 valence electrons. The fourth-order valence-corrected chi connectivity index (χ4v) is 4.56. The summed E-state index contributed by atoms with van der Waals surface area (Å²) in [7, 11) is -2.12. The predicted molar refractivity (Wildman–Crippen MR) is 95.2 cm³/mol. The third-order valence-corrected chi connectivity index (χ3v) is 6.60. The van der Waals surface area contributed by atoms with Crippen molar-refractivity contribution < 1.29 is 22.7 Å². The molecule has 2 heterocycles. The van der Waals surface area contributed by atoms with Gasteiger partial charge in [0.15, 0.2) is 6.39 Å². The first-order valence-electron chi connectivity index (χ1n) is 8.47. The number of nitrogens with zero attached hydrogens (tertiary/aromatic N) is 3. The third-order valence-electron chi connectivity index (χ3n) is 4.97. The van der Waals surface area contributed by atoms with Crippen molar-refractivity contribution in [2.75, 3.05) is 11.9 Å². The molecule has 0 saturated heterocycles. The largest absolute Gasteiger partial charge is 0.447 e. The van der Waals surface area contributed by atoms with E-state index in [-0.39, 0.29) is 17.0 Å². The monoisotopic (exact) mass is 392 g/mol. The van der Waals surface area contributed by atoms with Gasteiger partial charge in [-0.3, -0.25) is 9.69 Å². The van der Waals surface area contributed by atoms with Crippen molar-refractivity contribution in [2.24, 2.45) is 0 Å². The number of oxazole rings is 1. The molecule has 2 N–H and O–H groups in total. The van der Waals surface area contributed by atoms with Crippen molar-refractivity contribution in [3.05, 3.63) is 42.1 Å². The fourth-order valence-electron chi connectivity index (χ4n) is 3.07. The first kappa shape index (κ1) is 18.0. The number of aliphatic hydroxyl groups is 1. The van der Waals surface area contributed by atoms with E-state index in [4.69, 9.17) is 4.42 Å². The molecular formula is C17H20N4O5S. The minimum atomic E-state index is -3.74. The van der Waals surface area contributed by atoms with Crippen LogP contribution in [0.25, 0.3) is 0 Å². The number of benzene rings is 1. The molecule has 0 bridgehead atoms. The number of rotatable bonds is 5. The summed E-state index contributed by atoms with van der Waals surface area (Å²) in [6.45, 7) is 1.86. The highest BCUT2D eigenvalue weighted by atomic mass is 32.2. The van der Waals surface area contributed by atoms with Crippen molar-refractivity contribution in [1.82, 2.24) is 14.6 Å². The number of aliphatic hydroxyl groups excluding tert-OH is 1. The number of hydrogen-bond acceptors (Lipinski definition) is 7. The van der Waals surface area contributed by atoms with Crippen molar-refractivity contribution >= 4 is 21.6 Å². The van der Waals surface area contributed by atoms with Crippen LogP contribution in [0.2, 0.25) is 0 Å². The van der Waals surface area contributed by atoms with Gasteiger partial charge in [-0.05, 0) is 38.0 Å². The number of anilines is 1. The minimum Gasteiger partial charge on any atom is -0.447 e. The molecular weight excluding hydrogens is 372 g/mol. The average Bonchev–Trinajstić information content (AvgIpc) is 3.12. The van der Waals surface area contributed by atoms with E-state index in [1.165, 1.54) is 40.6 Å². The molecule has 4 rings (SSSR count). The highest BCUT2D eigenvalue weighted by molar-refractivity contribution is 7.89. The molecule has 9 nitrogen and oxygen atoms in total. The molecule has 1 saturated carbocycles. The molecule has 2 aromatic rings. The average molecular weight is 392 g/mol. The lowest BCUT2D eigenvalue weighted by Gasteiger charge is -2.40. The molecule has 1 atom stereocenters. The lowest BCUT2D eigenvalue weighted by Crippen LogP contribution is -2.53. The lowest BCUT2D eigenvalue weighted by atomic mass is 10.1. The van der Waals surface area contributed by atoms with E-state index in [1.807, 2.05) is 6.92 Å². The highest BCUT2D eigenvalue weighted by Gasteiger charge is 2.42. The summed E-state index contributed by atoms with van der Waals surface area (Å²) in [5.74, 6) is -0.0759. The number of amides is 1. The Labute approximate surface area is 156 Å². The first-order chi connectivity index (χ1) is 12.7. The molecule has 1 aliphatic heterocycles. The topological polar surface area (TPSA) is 116 Å². The molecule has 1 fully saturated rings. The Morgan fingerprint density at radius 1 is 1.41 bits per heavy atom. The molecule has 1 aromatic carbocycles. The van der Waals surface area contributed by atoms with Crippen molar-refractivity contribution in [3.63, 3.8) is 0 Å². The van der Waals surface area contributed by atoms with Gasteiger partial charge in [0.1, 0.15) is 5.76 Å². The molecule has 1 aromatic heterocycles. The number of sulfonamides is 1. The van der Waals surface area contributed by atoms with Crippen LogP contribution < -0.4 is 9.62 Å². The van der Waals surface area contributed by atoms with Gasteiger partial charge in [-0.2, -0.15) is 0 Å². The maximum atomic E-state index is 12.9. The summed E-state index contributed by atoms with van der Waals surface area (Å²) in [6.07, 6.45) is 3.06. The normalized spacial score (nSPS) is 21.3. The second kappa shape index (κ2) is 6.04. The summed E-state index contributed by atoms with van der Waals surface area (Å²) < 4.78 is 33.1. The van der Waals surface area contributed by atoms with E-state index < -0.39 is 27.8 Å². The summed E-state index contributed by atoms with van der Waals surface area (Å²) in [4.78, 5) is 19.4. The van der Waals surface area contributed by atoms with E-state index in [0.717, 1.165) is 12.8 Å². The van der Waals surface area contributed by atoms with E-state index >= 15 is 0 Å². The Morgan fingerprint density at radius 2 is 2.15 bits per heavy atom. The number of aromatic nitrogens is 1. The molecule has 0 spiro atoms. The Hall–Kier alpha value is -2.43. The van der Waals surface area contributed by atoms with Crippen LogP contribution >= 0.6 is 0 Å². The maximum absolute atomic E-state index is 12.9. The lowest BCUT2D eigenvalue weighted by molar-refractivity contribution is -0.00223. The quantitative estimate of drug-likeness (QED) is 0.776. The highest BCUT2D eigenvalue weighted by Crippen LogP contribution is 2.37. The summed E-state index contributed by atoms with van der Waals surface area (Å²) in [6, 6.07) is 4.32. The zero-order valence-corrected chi connectivity index (χ0v) is 15.7. The fraction of sp³-hybridized carbons (Fsp3) is 0.412. The van der Waals surface area contributed by atoms with Crippen LogP contribution in [0.5, 0.6) is 0 Å². The maximum Gasteiger partial charge on any atom is 0.259 e. The van der Waals surface area contributed by atoms with Crippen LogP contribution in [0, 0.1) is 0 Å². The van der Waals surface area contributed by atoms with E-state index in [1.54, 1.807) is 7.05 Å². The minimum absolute atomic E-state index is 0.0110. The Bertz CT molecular complexity index is 985. The molecule has 0 radical (unpaired) electrons. The van der Waals surface area contributed by atoms with Crippen molar-refractivity contribution in [2.45, 2.75) is 43.1 Å². The van der Waals surface area contributed by atoms with E-state index in [0.29, 0.717) is 11.4 Å². The first-order valence-corrected chi connectivity index (χ1v) is 9.96. The van der Waals surface area contributed by atoms with E-state index in [2.05, 4.69) is 9.71 Å². The Kier molecular flexibility index (Phi) is 4.02. The summed E-state index contributed by atoms with van der Waals surface area (Å²) in [5, 5.41) is 10.5. The van der Waals surface area contributed by atoms with Crippen LogP contribution in [0.1, 0.15) is 35.9 Å². The van der Waals surface area contributed by atoms with Gasteiger partial charge in [-0.15, -0.1) is 0 Å². The van der Waals surface area contributed by atoms with Crippen LogP contribution in [0.4, 0.5) is 5.69 Å². The van der Waals surface area contributed by atoms with Gasteiger partial charge in [-0.1, -0.05) is 0 Å². The standard InChI is InChI=1S/C17H20N4O5S/c1-17(5-6-17)19-27(24,25)12-3-4-14-13(7-12)15(22)21(16(23)20(14)2)9-11-8-18-10-26-11/h3-4,7-8,10,16,19,23H,5-6,9H2,1-2H3. The molecule has 2 aliphatic rings. The second-order valence-corrected chi connectivity index (χ2v) is 8.89. The van der Waals surface area contributed by atoms with Crippen LogP contribution in [0.15, 0.2) is 40.1 Å². The van der Waals surface area contributed by atoms with Gasteiger partial charge in [0.2, 0.25) is 16.4 Å². The van der Waals surface area contributed by atoms with Crippen molar-refractivity contribution in [3.8, 4) is 0 Å². The van der Waals surface area contributed by atoms with Crippen LogP contribution in [0.3, 0.4) is 0 Å². The van der Waals surface area contributed by atoms with Gasteiger partial charge >= 0.3 is 0 Å². The zero-order valence-electron chi connectivity index (χ0n) is 14.9.